The Hall–Kier alpha value is -1.10. The fourth-order valence-corrected chi connectivity index (χ4v) is 3.50. The van der Waals surface area contributed by atoms with Gasteiger partial charge in [0.15, 0.2) is 0 Å². The molecular weight excluding hydrogens is 252 g/mol. The van der Waals surface area contributed by atoms with Crippen LogP contribution in [-0.2, 0) is 0 Å². The van der Waals surface area contributed by atoms with Crippen LogP contribution in [0.15, 0.2) is 4.52 Å². The predicted octanol–water partition coefficient (Wildman–Crippen LogP) is 2.55. The zero-order valence-corrected chi connectivity index (χ0v) is 12.7. The molecule has 2 aliphatic rings. The second-order valence-electron chi connectivity index (χ2n) is 6.68. The summed E-state index contributed by atoms with van der Waals surface area (Å²) in [5.41, 5.74) is 0.560. The van der Waals surface area contributed by atoms with Gasteiger partial charge in [-0.05, 0) is 55.8 Å². The monoisotopic (exact) mass is 278 g/mol. The third kappa shape index (κ3) is 2.82. The number of hydrogen-bond acceptors (Lipinski definition) is 5. The standard InChI is InChI=1S/C15H26N4O/c1-12(2)13-17-14(18-20-13)19-10-3-4-15(7-11-19)5-8-16-9-6-15/h12,16H,3-11H2,1-2H3. The normalized spacial score (nSPS) is 23.2. The lowest BCUT2D eigenvalue weighted by Gasteiger charge is -2.36. The first-order valence-electron chi connectivity index (χ1n) is 7.98. The van der Waals surface area contributed by atoms with E-state index in [9.17, 15) is 0 Å². The van der Waals surface area contributed by atoms with Crippen molar-refractivity contribution in [2.24, 2.45) is 5.41 Å². The fraction of sp³-hybridized carbons (Fsp3) is 0.867. The summed E-state index contributed by atoms with van der Waals surface area (Å²) in [5.74, 6) is 1.85. The Bertz CT molecular complexity index is 437. The molecule has 3 heterocycles. The molecule has 20 heavy (non-hydrogen) atoms. The Labute approximate surface area is 121 Å². The number of anilines is 1. The summed E-state index contributed by atoms with van der Waals surface area (Å²) in [7, 11) is 0. The van der Waals surface area contributed by atoms with E-state index in [0.717, 1.165) is 24.9 Å². The first kappa shape index (κ1) is 13.9. The zero-order valence-electron chi connectivity index (χ0n) is 12.7. The zero-order chi connectivity index (χ0) is 14.0. The van der Waals surface area contributed by atoms with Crippen LogP contribution in [0.25, 0.3) is 0 Å². The van der Waals surface area contributed by atoms with Crippen LogP contribution >= 0.6 is 0 Å². The van der Waals surface area contributed by atoms with Gasteiger partial charge in [-0.25, -0.2) is 0 Å². The Morgan fingerprint density at radius 2 is 1.95 bits per heavy atom. The Kier molecular flexibility index (Phi) is 3.96. The van der Waals surface area contributed by atoms with E-state index in [4.69, 9.17) is 4.52 Å². The van der Waals surface area contributed by atoms with Crippen molar-refractivity contribution >= 4 is 5.95 Å². The van der Waals surface area contributed by atoms with E-state index in [1.54, 1.807) is 0 Å². The number of hydrogen-bond donors (Lipinski definition) is 1. The topological polar surface area (TPSA) is 54.2 Å². The van der Waals surface area contributed by atoms with Gasteiger partial charge in [-0.1, -0.05) is 13.8 Å². The molecule has 1 aromatic rings. The molecule has 0 atom stereocenters. The molecule has 112 valence electrons. The second-order valence-corrected chi connectivity index (χ2v) is 6.68. The minimum atomic E-state index is 0.305. The maximum Gasteiger partial charge on any atom is 0.266 e. The van der Waals surface area contributed by atoms with Crippen LogP contribution in [0.2, 0.25) is 0 Å². The summed E-state index contributed by atoms with van der Waals surface area (Å²) in [6.45, 7) is 8.66. The summed E-state index contributed by atoms with van der Waals surface area (Å²) in [5, 5.41) is 7.65. The predicted molar refractivity (Wildman–Crippen MR) is 79.0 cm³/mol. The van der Waals surface area contributed by atoms with Crippen LogP contribution < -0.4 is 10.2 Å². The largest absolute Gasteiger partial charge is 0.338 e. The van der Waals surface area contributed by atoms with Crippen LogP contribution in [0.5, 0.6) is 0 Å². The SMILES string of the molecule is CC(C)c1nc(N2CCCC3(CCNCC3)CC2)no1. The number of aromatic nitrogens is 2. The van der Waals surface area contributed by atoms with E-state index in [-0.39, 0.29) is 0 Å². The van der Waals surface area contributed by atoms with Gasteiger partial charge in [0, 0.05) is 19.0 Å². The van der Waals surface area contributed by atoms with Gasteiger partial charge in [0.25, 0.3) is 5.95 Å². The van der Waals surface area contributed by atoms with Crippen LogP contribution in [0.4, 0.5) is 5.95 Å². The molecule has 1 N–H and O–H groups in total. The molecule has 2 aliphatic heterocycles. The lowest BCUT2D eigenvalue weighted by Crippen LogP contribution is -2.37. The third-order valence-corrected chi connectivity index (χ3v) is 4.92. The van der Waals surface area contributed by atoms with E-state index >= 15 is 0 Å². The Balaban J connectivity index is 1.67. The van der Waals surface area contributed by atoms with Gasteiger partial charge in [0.2, 0.25) is 5.89 Å². The fourth-order valence-electron chi connectivity index (χ4n) is 3.50. The van der Waals surface area contributed by atoms with Gasteiger partial charge in [0.05, 0.1) is 0 Å². The van der Waals surface area contributed by atoms with Crippen molar-refractivity contribution in [2.75, 3.05) is 31.1 Å². The molecule has 5 heteroatoms. The highest BCUT2D eigenvalue weighted by Crippen LogP contribution is 2.39. The number of nitrogens with one attached hydrogen (secondary N) is 1. The average molecular weight is 278 g/mol. The van der Waals surface area contributed by atoms with Gasteiger partial charge >= 0.3 is 0 Å². The van der Waals surface area contributed by atoms with Crippen LogP contribution in [0.3, 0.4) is 0 Å². The van der Waals surface area contributed by atoms with Crippen molar-refractivity contribution in [2.45, 2.75) is 51.9 Å². The first-order valence-corrected chi connectivity index (χ1v) is 7.98. The van der Waals surface area contributed by atoms with Gasteiger partial charge in [-0.3, -0.25) is 0 Å². The number of nitrogens with zero attached hydrogens (tertiary/aromatic N) is 3. The molecule has 0 aliphatic carbocycles. The Morgan fingerprint density at radius 3 is 2.65 bits per heavy atom. The molecule has 0 saturated carbocycles. The molecule has 3 rings (SSSR count). The highest BCUT2D eigenvalue weighted by molar-refractivity contribution is 5.28. The third-order valence-electron chi connectivity index (χ3n) is 4.92. The molecule has 2 saturated heterocycles. The van der Waals surface area contributed by atoms with Gasteiger partial charge < -0.3 is 14.7 Å². The quantitative estimate of drug-likeness (QED) is 0.901. The van der Waals surface area contributed by atoms with Crippen molar-refractivity contribution in [1.82, 2.24) is 15.5 Å². The summed E-state index contributed by atoms with van der Waals surface area (Å²) in [6, 6.07) is 0. The molecule has 2 fully saturated rings. The average Bonchev–Trinajstić information content (AvgIpc) is 2.86. The van der Waals surface area contributed by atoms with E-state index < -0.39 is 0 Å². The molecule has 0 amide bonds. The second kappa shape index (κ2) is 5.72. The maximum absolute atomic E-state index is 5.34. The van der Waals surface area contributed by atoms with Crippen LogP contribution in [-0.4, -0.2) is 36.3 Å². The molecule has 0 aromatic carbocycles. The lowest BCUT2D eigenvalue weighted by atomic mass is 9.73. The maximum atomic E-state index is 5.34. The summed E-state index contributed by atoms with van der Waals surface area (Å²) in [4.78, 5) is 6.86. The van der Waals surface area contributed by atoms with Crippen LogP contribution in [0.1, 0.15) is 57.8 Å². The summed E-state index contributed by atoms with van der Waals surface area (Å²) in [6.07, 6.45) is 6.50. The molecule has 5 nitrogen and oxygen atoms in total. The molecule has 0 unspecified atom stereocenters. The van der Waals surface area contributed by atoms with Crippen molar-refractivity contribution in [3.63, 3.8) is 0 Å². The molecule has 1 aromatic heterocycles. The van der Waals surface area contributed by atoms with Crippen LogP contribution in [0, 0.1) is 5.41 Å². The minimum absolute atomic E-state index is 0.305. The highest BCUT2D eigenvalue weighted by atomic mass is 16.5. The number of rotatable bonds is 2. The van der Waals surface area contributed by atoms with Crippen molar-refractivity contribution < 1.29 is 4.52 Å². The highest BCUT2D eigenvalue weighted by Gasteiger charge is 2.34. The smallest absolute Gasteiger partial charge is 0.266 e. The van der Waals surface area contributed by atoms with E-state index in [1.165, 1.54) is 45.2 Å². The number of piperidine rings is 1. The lowest BCUT2D eigenvalue weighted by molar-refractivity contribution is 0.178. The Morgan fingerprint density at radius 1 is 1.15 bits per heavy atom. The minimum Gasteiger partial charge on any atom is -0.338 e. The molecule has 0 bridgehead atoms. The first-order chi connectivity index (χ1) is 9.69. The van der Waals surface area contributed by atoms with Crippen molar-refractivity contribution in [1.29, 1.82) is 0 Å². The van der Waals surface area contributed by atoms with Gasteiger partial charge in [0.1, 0.15) is 0 Å². The summed E-state index contributed by atoms with van der Waals surface area (Å²) >= 11 is 0. The van der Waals surface area contributed by atoms with E-state index in [2.05, 4.69) is 34.2 Å². The van der Waals surface area contributed by atoms with E-state index in [1.807, 2.05) is 0 Å². The molecule has 0 radical (unpaired) electrons. The molecular formula is C15H26N4O. The van der Waals surface area contributed by atoms with Gasteiger partial charge in [-0.15, -0.1) is 0 Å². The molecule has 1 spiro atoms. The van der Waals surface area contributed by atoms with Crippen molar-refractivity contribution in [3.05, 3.63) is 5.89 Å². The van der Waals surface area contributed by atoms with E-state index in [0.29, 0.717) is 11.3 Å². The summed E-state index contributed by atoms with van der Waals surface area (Å²) < 4.78 is 5.34. The van der Waals surface area contributed by atoms with Gasteiger partial charge in [-0.2, -0.15) is 4.98 Å². The van der Waals surface area contributed by atoms with Crippen molar-refractivity contribution in [3.8, 4) is 0 Å².